The van der Waals surface area contributed by atoms with Crippen LogP contribution in [0, 0.1) is 0 Å². The van der Waals surface area contributed by atoms with Crippen molar-refractivity contribution in [2.24, 2.45) is 0 Å². The summed E-state index contributed by atoms with van der Waals surface area (Å²) in [4.78, 5) is 0. The van der Waals surface area contributed by atoms with E-state index in [1.807, 2.05) is 6.08 Å². The van der Waals surface area contributed by atoms with Gasteiger partial charge in [-0.1, -0.05) is 77.3 Å². The summed E-state index contributed by atoms with van der Waals surface area (Å²) < 4.78 is 0. The SMILES string of the molecule is C=CCCCCCCCCCCCC.C[SiH3]. The van der Waals surface area contributed by atoms with Gasteiger partial charge < -0.3 is 0 Å². The van der Waals surface area contributed by atoms with Gasteiger partial charge in [-0.2, -0.15) is 0 Å². The van der Waals surface area contributed by atoms with Gasteiger partial charge in [0.2, 0.25) is 0 Å². The second kappa shape index (κ2) is 20.4. The normalized spacial score (nSPS) is 9.62. The molecule has 0 spiro atoms. The second-order valence-electron chi connectivity index (χ2n) is 4.26. The molecular formula is C15H34Si. The van der Waals surface area contributed by atoms with Crippen molar-refractivity contribution >= 4 is 10.2 Å². The monoisotopic (exact) mass is 242 g/mol. The van der Waals surface area contributed by atoms with Crippen molar-refractivity contribution in [3.05, 3.63) is 12.7 Å². The maximum atomic E-state index is 3.74. The van der Waals surface area contributed by atoms with Crippen LogP contribution in [0.4, 0.5) is 0 Å². The van der Waals surface area contributed by atoms with Gasteiger partial charge >= 0.3 is 0 Å². The summed E-state index contributed by atoms with van der Waals surface area (Å²) in [6, 6.07) is 0. The summed E-state index contributed by atoms with van der Waals surface area (Å²) in [6.45, 7) is 8.15. The Hall–Kier alpha value is -0.0431. The summed E-state index contributed by atoms with van der Waals surface area (Å²) >= 11 is 0. The van der Waals surface area contributed by atoms with Gasteiger partial charge in [0.25, 0.3) is 0 Å². The molecule has 0 bridgehead atoms. The van der Waals surface area contributed by atoms with Crippen LogP contribution in [0.5, 0.6) is 0 Å². The van der Waals surface area contributed by atoms with E-state index in [2.05, 4.69) is 20.0 Å². The molecule has 0 aliphatic carbocycles. The molecular weight excluding hydrogens is 208 g/mol. The smallest absolute Gasteiger partial charge is 0.000585 e. The minimum atomic E-state index is 1.20. The van der Waals surface area contributed by atoms with E-state index in [1.54, 1.807) is 0 Å². The minimum absolute atomic E-state index is 1.20. The Morgan fingerprint density at radius 1 is 0.750 bits per heavy atom. The molecule has 0 amide bonds. The number of allylic oxidation sites excluding steroid dienone is 1. The number of hydrogen-bond donors (Lipinski definition) is 0. The fourth-order valence-corrected chi connectivity index (χ4v) is 1.78. The van der Waals surface area contributed by atoms with Crippen molar-refractivity contribution < 1.29 is 0 Å². The van der Waals surface area contributed by atoms with Crippen molar-refractivity contribution in [3.63, 3.8) is 0 Å². The van der Waals surface area contributed by atoms with Crippen molar-refractivity contribution in [1.29, 1.82) is 0 Å². The number of unbranched alkanes of at least 4 members (excludes halogenated alkanes) is 10. The molecule has 0 N–H and O–H groups in total. The van der Waals surface area contributed by atoms with E-state index in [9.17, 15) is 0 Å². The predicted octanol–water partition coefficient (Wildman–Crippen LogP) is 4.88. The molecule has 0 fully saturated rings. The lowest BCUT2D eigenvalue weighted by Gasteiger charge is -2.00. The van der Waals surface area contributed by atoms with E-state index in [0.717, 1.165) is 0 Å². The Kier molecular flexibility index (Phi) is 23.3. The van der Waals surface area contributed by atoms with Crippen molar-refractivity contribution in [2.45, 2.75) is 84.1 Å². The molecule has 0 rings (SSSR count). The zero-order chi connectivity index (χ0) is 12.5. The van der Waals surface area contributed by atoms with Gasteiger partial charge in [-0.25, -0.2) is 0 Å². The predicted molar refractivity (Wildman–Crippen MR) is 82.5 cm³/mol. The van der Waals surface area contributed by atoms with Crippen LogP contribution in [0.25, 0.3) is 0 Å². The molecule has 1 heteroatoms. The molecule has 98 valence electrons. The zero-order valence-electron chi connectivity index (χ0n) is 12.1. The number of rotatable bonds is 11. The molecule has 0 saturated carbocycles. The molecule has 0 aliphatic rings. The van der Waals surface area contributed by atoms with Crippen molar-refractivity contribution in [1.82, 2.24) is 0 Å². The van der Waals surface area contributed by atoms with Crippen LogP contribution in [-0.2, 0) is 0 Å². The van der Waals surface area contributed by atoms with Crippen molar-refractivity contribution in [3.8, 4) is 0 Å². The molecule has 0 aliphatic heterocycles. The summed E-state index contributed by atoms with van der Waals surface area (Å²) in [6.07, 6.45) is 17.5. The van der Waals surface area contributed by atoms with E-state index < -0.39 is 0 Å². The molecule has 0 aromatic rings. The molecule has 0 heterocycles. The molecule has 0 radical (unpaired) electrons. The fraction of sp³-hybridized carbons (Fsp3) is 0.867. The van der Waals surface area contributed by atoms with Crippen LogP contribution < -0.4 is 0 Å². The van der Waals surface area contributed by atoms with Gasteiger partial charge in [0.1, 0.15) is 0 Å². The highest BCUT2D eigenvalue weighted by Crippen LogP contribution is 2.11. The first-order valence-corrected chi connectivity index (χ1v) is 9.52. The minimum Gasteiger partial charge on any atom is -0.103 e. The average molecular weight is 243 g/mol. The van der Waals surface area contributed by atoms with Crippen LogP contribution in [0.15, 0.2) is 12.7 Å². The van der Waals surface area contributed by atoms with E-state index in [4.69, 9.17) is 0 Å². The summed E-state index contributed by atoms with van der Waals surface area (Å²) in [5.41, 5.74) is 0. The average Bonchev–Trinajstić information content (AvgIpc) is 2.34. The molecule has 0 unspecified atom stereocenters. The zero-order valence-corrected chi connectivity index (χ0v) is 14.1. The Labute approximate surface area is 107 Å². The third-order valence-electron chi connectivity index (χ3n) is 2.76. The highest BCUT2D eigenvalue weighted by molar-refractivity contribution is 6.05. The fourth-order valence-electron chi connectivity index (χ4n) is 1.78. The summed E-state index contributed by atoms with van der Waals surface area (Å²) in [5.74, 6) is 0. The lowest BCUT2D eigenvalue weighted by atomic mass is 10.1. The topological polar surface area (TPSA) is 0 Å². The highest BCUT2D eigenvalue weighted by atomic mass is 28.1. The molecule has 0 saturated heterocycles. The van der Waals surface area contributed by atoms with Crippen LogP contribution >= 0.6 is 0 Å². The molecule has 0 aromatic carbocycles. The van der Waals surface area contributed by atoms with Crippen LogP contribution in [0.3, 0.4) is 0 Å². The van der Waals surface area contributed by atoms with E-state index in [0.29, 0.717) is 0 Å². The molecule has 0 atom stereocenters. The van der Waals surface area contributed by atoms with Crippen LogP contribution in [0.1, 0.15) is 77.6 Å². The van der Waals surface area contributed by atoms with Gasteiger partial charge in [0.15, 0.2) is 0 Å². The first-order chi connectivity index (χ1) is 7.91. The third-order valence-corrected chi connectivity index (χ3v) is 2.76. The van der Waals surface area contributed by atoms with Gasteiger partial charge in [0.05, 0.1) is 0 Å². The van der Waals surface area contributed by atoms with Crippen LogP contribution in [-0.4, -0.2) is 10.2 Å². The van der Waals surface area contributed by atoms with Crippen molar-refractivity contribution in [2.75, 3.05) is 0 Å². The van der Waals surface area contributed by atoms with Crippen LogP contribution in [0.2, 0.25) is 6.55 Å². The molecule has 0 nitrogen and oxygen atoms in total. The Morgan fingerprint density at radius 2 is 1.12 bits per heavy atom. The molecule has 16 heavy (non-hydrogen) atoms. The van der Waals surface area contributed by atoms with Gasteiger partial charge in [0, 0.05) is 0 Å². The summed E-state index contributed by atoms with van der Waals surface area (Å²) in [7, 11) is 1.31. The van der Waals surface area contributed by atoms with Gasteiger partial charge in [-0.05, 0) is 23.1 Å². The third kappa shape index (κ3) is 19.5. The summed E-state index contributed by atoms with van der Waals surface area (Å²) in [5, 5.41) is 0. The van der Waals surface area contributed by atoms with E-state index in [-0.39, 0.29) is 0 Å². The van der Waals surface area contributed by atoms with Gasteiger partial charge in [-0.15, -0.1) is 6.58 Å². The second-order valence-corrected chi connectivity index (χ2v) is 4.26. The lowest BCUT2D eigenvalue weighted by molar-refractivity contribution is 0.558. The van der Waals surface area contributed by atoms with E-state index >= 15 is 0 Å². The van der Waals surface area contributed by atoms with Gasteiger partial charge in [-0.3, -0.25) is 0 Å². The highest BCUT2D eigenvalue weighted by Gasteiger charge is 1.91. The first kappa shape index (κ1) is 18.3. The van der Waals surface area contributed by atoms with E-state index in [1.165, 1.54) is 80.9 Å². The Balaban J connectivity index is 0. The Morgan fingerprint density at radius 3 is 1.50 bits per heavy atom. The Bertz CT molecular complexity index is 110. The molecule has 0 aromatic heterocycles. The maximum absolute atomic E-state index is 3.74. The quantitative estimate of drug-likeness (QED) is 0.275. The largest absolute Gasteiger partial charge is 0.103 e. The standard InChI is InChI=1S/C14H28.CH6Si/c1-3-5-7-9-11-13-14-12-10-8-6-4-2;1-2/h3H,1,4-14H2,2H3;1-2H3. The lowest BCUT2D eigenvalue weighted by Crippen LogP contribution is -1.81. The maximum Gasteiger partial charge on any atom is -0.000585 e. The number of hydrogen-bond acceptors (Lipinski definition) is 0. The first-order valence-electron chi connectivity index (χ1n) is 7.52.